The minimum Gasteiger partial charge on any atom is -0.333 e. The maximum atomic E-state index is 11.1. The molecule has 6 heteroatoms. The van der Waals surface area contributed by atoms with Gasteiger partial charge in [-0.1, -0.05) is 18.2 Å². The Hall–Kier alpha value is -2.50. The Morgan fingerprint density at radius 2 is 2.10 bits per heavy atom. The molecule has 0 N–H and O–H groups in total. The number of nitro groups is 1. The number of benzene rings is 1. The molecule has 2 aromatic rings. The molecule has 1 fully saturated rings. The van der Waals surface area contributed by atoms with Crippen LogP contribution in [0.15, 0.2) is 36.5 Å². The summed E-state index contributed by atoms with van der Waals surface area (Å²) in [5.41, 5.74) is 1.74. The van der Waals surface area contributed by atoms with Crippen molar-refractivity contribution in [2.45, 2.75) is 32.4 Å². The van der Waals surface area contributed by atoms with Crippen molar-refractivity contribution in [3.8, 4) is 0 Å². The third-order valence-corrected chi connectivity index (χ3v) is 3.56. The van der Waals surface area contributed by atoms with Crippen molar-refractivity contribution in [3.05, 3.63) is 57.9 Å². The van der Waals surface area contributed by atoms with Gasteiger partial charge in [-0.15, -0.1) is 0 Å². The number of para-hydroxylation sites is 1. The first kappa shape index (κ1) is 13.5. The fourth-order valence-corrected chi connectivity index (χ4v) is 2.33. The molecule has 0 spiro atoms. The van der Waals surface area contributed by atoms with E-state index in [0.717, 1.165) is 18.5 Å². The van der Waals surface area contributed by atoms with Crippen molar-refractivity contribution >= 4 is 11.6 Å². The van der Waals surface area contributed by atoms with Crippen LogP contribution in [-0.4, -0.2) is 20.9 Å². The van der Waals surface area contributed by atoms with Crippen molar-refractivity contribution < 1.29 is 4.92 Å². The lowest BCUT2D eigenvalue weighted by Gasteiger charge is -2.22. The minimum atomic E-state index is -0.336. The van der Waals surface area contributed by atoms with Crippen molar-refractivity contribution in [1.29, 1.82) is 0 Å². The molecule has 3 rings (SSSR count). The zero-order valence-electron chi connectivity index (χ0n) is 11.8. The standard InChI is InChI=1S/C15H16N4O2/c1-11-8-9-16-15(17-11)18(13-6-7-13)10-12-4-2-3-5-14(12)19(20)21/h2-5,8-9,13H,6-7,10H2,1H3. The Kier molecular flexibility index (Phi) is 3.51. The van der Waals surface area contributed by atoms with Crippen LogP contribution < -0.4 is 4.90 Å². The summed E-state index contributed by atoms with van der Waals surface area (Å²) in [5.74, 6) is 0.649. The van der Waals surface area contributed by atoms with Gasteiger partial charge in [0.25, 0.3) is 5.69 Å². The molecule has 1 heterocycles. The SMILES string of the molecule is Cc1ccnc(N(Cc2ccccc2[N+](=O)[O-])C2CC2)n1. The van der Waals surface area contributed by atoms with Gasteiger partial charge in [-0.2, -0.15) is 0 Å². The predicted molar refractivity (Wildman–Crippen MR) is 79.1 cm³/mol. The molecule has 1 aliphatic rings. The zero-order chi connectivity index (χ0) is 14.8. The largest absolute Gasteiger partial charge is 0.333 e. The molecule has 1 saturated carbocycles. The molecule has 0 saturated heterocycles. The molecule has 1 aromatic heterocycles. The summed E-state index contributed by atoms with van der Waals surface area (Å²) in [5, 5.41) is 11.1. The molecule has 0 atom stereocenters. The van der Waals surface area contributed by atoms with Gasteiger partial charge in [-0.25, -0.2) is 9.97 Å². The van der Waals surface area contributed by atoms with E-state index >= 15 is 0 Å². The highest BCUT2D eigenvalue weighted by molar-refractivity contribution is 5.44. The van der Waals surface area contributed by atoms with Crippen molar-refractivity contribution in [1.82, 2.24) is 9.97 Å². The molecule has 1 aromatic carbocycles. The van der Waals surface area contributed by atoms with Crippen LogP contribution in [0.1, 0.15) is 24.1 Å². The van der Waals surface area contributed by atoms with E-state index in [1.807, 2.05) is 19.1 Å². The van der Waals surface area contributed by atoms with E-state index in [-0.39, 0.29) is 10.6 Å². The third kappa shape index (κ3) is 2.99. The predicted octanol–water partition coefficient (Wildman–Crippen LogP) is 2.86. The Bertz CT molecular complexity index is 670. The van der Waals surface area contributed by atoms with E-state index in [4.69, 9.17) is 0 Å². The lowest BCUT2D eigenvalue weighted by molar-refractivity contribution is -0.385. The fraction of sp³-hybridized carbons (Fsp3) is 0.333. The molecule has 1 aliphatic carbocycles. The summed E-state index contributed by atoms with van der Waals surface area (Å²) in [6, 6.07) is 9.07. The number of nitrogens with zero attached hydrogens (tertiary/aromatic N) is 4. The molecule has 0 radical (unpaired) electrons. The Balaban J connectivity index is 1.92. The van der Waals surface area contributed by atoms with E-state index in [9.17, 15) is 10.1 Å². The van der Waals surface area contributed by atoms with Crippen molar-refractivity contribution in [2.24, 2.45) is 0 Å². The zero-order valence-corrected chi connectivity index (χ0v) is 11.8. The minimum absolute atomic E-state index is 0.149. The Morgan fingerprint density at radius 3 is 2.76 bits per heavy atom. The smallest absolute Gasteiger partial charge is 0.274 e. The first-order valence-corrected chi connectivity index (χ1v) is 6.94. The normalized spacial score (nSPS) is 14.0. The second kappa shape index (κ2) is 5.47. The van der Waals surface area contributed by atoms with E-state index in [2.05, 4.69) is 14.9 Å². The number of aryl methyl sites for hydroxylation is 1. The first-order valence-electron chi connectivity index (χ1n) is 6.94. The van der Waals surface area contributed by atoms with E-state index < -0.39 is 0 Å². The van der Waals surface area contributed by atoms with Gasteiger partial charge in [0.15, 0.2) is 0 Å². The number of aromatic nitrogens is 2. The van der Waals surface area contributed by atoms with Gasteiger partial charge < -0.3 is 4.90 Å². The summed E-state index contributed by atoms with van der Waals surface area (Å²) in [6.45, 7) is 2.38. The van der Waals surface area contributed by atoms with Crippen molar-refractivity contribution in [3.63, 3.8) is 0 Å². The number of hydrogen-bond donors (Lipinski definition) is 0. The van der Waals surface area contributed by atoms with Gasteiger partial charge in [0.05, 0.1) is 11.5 Å². The van der Waals surface area contributed by atoms with Crippen LogP contribution in [0.3, 0.4) is 0 Å². The third-order valence-electron chi connectivity index (χ3n) is 3.56. The highest BCUT2D eigenvalue weighted by atomic mass is 16.6. The second-order valence-electron chi connectivity index (χ2n) is 5.24. The summed E-state index contributed by atoms with van der Waals surface area (Å²) in [4.78, 5) is 21.6. The highest BCUT2D eigenvalue weighted by Gasteiger charge is 2.32. The lowest BCUT2D eigenvalue weighted by Crippen LogP contribution is -2.27. The van der Waals surface area contributed by atoms with Crippen LogP contribution in [-0.2, 0) is 6.54 Å². The van der Waals surface area contributed by atoms with Gasteiger partial charge in [0, 0.05) is 29.6 Å². The summed E-state index contributed by atoms with van der Waals surface area (Å²) in [6.07, 6.45) is 3.89. The average molecular weight is 284 g/mol. The molecule has 0 bridgehead atoms. The van der Waals surface area contributed by atoms with Crippen LogP contribution in [0.25, 0.3) is 0 Å². The van der Waals surface area contributed by atoms with Crippen molar-refractivity contribution in [2.75, 3.05) is 4.90 Å². The molecule has 0 unspecified atom stereocenters. The molecule has 0 aliphatic heterocycles. The maximum absolute atomic E-state index is 11.1. The molecular weight excluding hydrogens is 268 g/mol. The Morgan fingerprint density at radius 1 is 1.33 bits per heavy atom. The lowest BCUT2D eigenvalue weighted by atomic mass is 10.1. The summed E-state index contributed by atoms with van der Waals surface area (Å²) in [7, 11) is 0. The van der Waals surface area contributed by atoms with Crippen LogP contribution in [0, 0.1) is 17.0 Å². The number of hydrogen-bond acceptors (Lipinski definition) is 5. The molecule has 6 nitrogen and oxygen atoms in total. The fourth-order valence-electron chi connectivity index (χ4n) is 2.33. The summed E-state index contributed by atoms with van der Waals surface area (Å²) >= 11 is 0. The van der Waals surface area contributed by atoms with Crippen LogP contribution in [0.2, 0.25) is 0 Å². The molecule has 21 heavy (non-hydrogen) atoms. The number of rotatable bonds is 5. The number of anilines is 1. The monoisotopic (exact) mass is 284 g/mol. The number of nitro benzene ring substituents is 1. The quantitative estimate of drug-likeness (QED) is 0.623. The molecule has 108 valence electrons. The van der Waals surface area contributed by atoms with Gasteiger partial charge in [-0.3, -0.25) is 10.1 Å². The van der Waals surface area contributed by atoms with Crippen LogP contribution in [0.4, 0.5) is 11.6 Å². The highest BCUT2D eigenvalue weighted by Crippen LogP contribution is 2.32. The Labute approximate surface area is 122 Å². The first-order chi connectivity index (χ1) is 10.1. The second-order valence-corrected chi connectivity index (χ2v) is 5.24. The maximum Gasteiger partial charge on any atom is 0.274 e. The van der Waals surface area contributed by atoms with Gasteiger partial charge in [0.2, 0.25) is 5.95 Å². The van der Waals surface area contributed by atoms with E-state index in [1.165, 1.54) is 6.07 Å². The topological polar surface area (TPSA) is 72.2 Å². The van der Waals surface area contributed by atoms with E-state index in [0.29, 0.717) is 24.1 Å². The van der Waals surface area contributed by atoms with E-state index in [1.54, 1.807) is 18.3 Å². The average Bonchev–Trinajstić information content (AvgIpc) is 3.29. The van der Waals surface area contributed by atoms with Gasteiger partial charge in [-0.05, 0) is 25.8 Å². The van der Waals surface area contributed by atoms with Crippen LogP contribution >= 0.6 is 0 Å². The molecular formula is C15H16N4O2. The van der Waals surface area contributed by atoms with Gasteiger partial charge >= 0.3 is 0 Å². The van der Waals surface area contributed by atoms with Gasteiger partial charge in [0.1, 0.15) is 0 Å². The molecule has 0 amide bonds. The van der Waals surface area contributed by atoms with Crippen LogP contribution in [0.5, 0.6) is 0 Å². The summed E-state index contributed by atoms with van der Waals surface area (Å²) < 4.78 is 0.